The molecule has 0 saturated carbocycles. The summed E-state index contributed by atoms with van der Waals surface area (Å²) in [6.45, 7) is 9.76. The van der Waals surface area contributed by atoms with E-state index in [9.17, 15) is 4.79 Å². The first-order valence-corrected chi connectivity index (χ1v) is 12.2. The third-order valence-electron chi connectivity index (χ3n) is 4.85. The van der Waals surface area contributed by atoms with Crippen LogP contribution in [0.5, 0.6) is 11.5 Å². The molecule has 0 aromatic heterocycles. The van der Waals surface area contributed by atoms with Gasteiger partial charge in [0, 0.05) is 6.54 Å². The average molecular weight is 523 g/mol. The second-order valence-corrected chi connectivity index (χ2v) is 9.92. The molecule has 6 nitrogen and oxygen atoms in total. The highest BCUT2D eigenvalue weighted by atomic mass is 32.1. The van der Waals surface area contributed by atoms with Crippen molar-refractivity contribution in [3.8, 4) is 11.5 Å². The molecule has 1 N–H and O–H groups in total. The van der Waals surface area contributed by atoms with Crippen LogP contribution in [-0.2, 0) is 11.3 Å². The van der Waals surface area contributed by atoms with Crippen LogP contribution in [0.1, 0.15) is 37.5 Å². The van der Waals surface area contributed by atoms with Gasteiger partial charge in [0.15, 0.2) is 0 Å². The van der Waals surface area contributed by atoms with Gasteiger partial charge in [-0.1, -0.05) is 47.5 Å². The molecule has 188 valence electrons. The summed E-state index contributed by atoms with van der Waals surface area (Å²) in [7, 11) is 0. The van der Waals surface area contributed by atoms with Crippen molar-refractivity contribution in [1.29, 1.82) is 0 Å². The zero-order valence-corrected chi connectivity index (χ0v) is 22.7. The van der Waals surface area contributed by atoms with E-state index >= 15 is 0 Å². The molecule has 0 aliphatic heterocycles. The molecule has 0 radical (unpaired) electrons. The van der Waals surface area contributed by atoms with E-state index in [2.05, 4.69) is 5.32 Å². The van der Waals surface area contributed by atoms with Crippen molar-refractivity contribution in [1.82, 2.24) is 5.32 Å². The van der Waals surface area contributed by atoms with Crippen molar-refractivity contribution < 1.29 is 19.0 Å². The summed E-state index contributed by atoms with van der Waals surface area (Å²) in [4.78, 5) is 13.5. The molecule has 0 heterocycles. The highest BCUT2D eigenvalue weighted by Crippen LogP contribution is 2.22. The predicted molar refractivity (Wildman–Crippen MR) is 151 cm³/mol. The molecule has 1 amide bonds. The van der Waals surface area contributed by atoms with E-state index < -0.39 is 11.7 Å². The van der Waals surface area contributed by atoms with Gasteiger partial charge in [-0.2, -0.15) is 0 Å². The summed E-state index contributed by atoms with van der Waals surface area (Å²) >= 11 is 11.2. The Bertz CT molecular complexity index is 1140. The first-order valence-electron chi connectivity index (χ1n) is 11.4. The molecule has 3 rings (SSSR count). The summed E-state index contributed by atoms with van der Waals surface area (Å²) in [6.07, 6.45) is -0.478. The van der Waals surface area contributed by atoms with Gasteiger partial charge in [-0.3, -0.25) is 0 Å². The smallest absolute Gasteiger partial charge is 0.407 e. The van der Waals surface area contributed by atoms with Crippen LogP contribution in [-0.4, -0.2) is 22.0 Å². The second-order valence-electron chi connectivity index (χ2n) is 9.22. The largest absolute Gasteiger partial charge is 0.444 e. The Hall–Kier alpha value is -3.49. The molecular formula is C28H30N2O4S2. The Morgan fingerprint density at radius 2 is 1.22 bits per heavy atom. The highest BCUT2D eigenvalue weighted by molar-refractivity contribution is 7.82. The van der Waals surface area contributed by atoms with Crippen molar-refractivity contribution in [3.05, 3.63) is 89.5 Å². The molecule has 0 bridgehead atoms. The van der Waals surface area contributed by atoms with Crippen LogP contribution in [0.15, 0.2) is 72.8 Å². The van der Waals surface area contributed by atoms with Gasteiger partial charge in [-0.15, -0.1) is 0 Å². The number of carbonyl (C=O) groups is 1. The summed E-state index contributed by atoms with van der Waals surface area (Å²) in [5, 5.41) is 2.99. The van der Waals surface area contributed by atoms with Crippen LogP contribution in [0.4, 0.5) is 10.5 Å². The van der Waals surface area contributed by atoms with Crippen molar-refractivity contribution in [3.63, 3.8) is 0 Å². The maximum atomic E-state index is 12.0. The fourth-order valence-electron chi connectivity index (χ4n) is 3.04. The standard InChI is InChI=1S/C28H30N2O4S2/c1-19-6-14-23(15-7-19)32-26(35)30(27(36)33-24-16-8-20(2)9-17-24)22-12-10-21(11-13-22)18-29-25(31)34-28(3,4)5/h6-17H,18H2,1-5H3,(H,29,31). The van der Waals surface area contributed by atoms with Gasteiger partial charge in [0.1, 0.15) is 17.1 Å². The lowest BCUT2D eigenvalue weighted by Gasteiger charge is -2.25. The molecule has 8 heteroatoms. The summed E-state index contributed by atoms with van der Waals surface area (Å²) < 4.78 is 17.2. The van der Waals surface area contributed by atoms with Crippen LogP contribution >= 0.6 is 24.4 Å². The minimum atomic E-state index is -0.561. The Morgan fingerprint density at radius 1 is 0.778 bits per heavy atom. The fraction of sp³-hybridized carbons (Fsp3) is 0.250. The molecule has 0 aliphatic rings. The number of aryl methyl sites for hydroxylation is 2. The first kappa shape index (κ1) is 27.1. The highest BCUT2D eigenvalue weighted by Gasteiger charge is 2.22. The van der Waals surface area contributed by atoms with E-state index in [1.165, 1.54) is 0 Å². The zero-order valence-electron chi connectivity index (χ0n) is 21.0. The molecule has 3 aromatic carbocycles. The lowest BCUT2D eigenvalue weighted by atomic mass is 10.2. The maximum absolute atomic E-state index is 12.0. The molecule has 0 aliphatic carbocycles. The van der Waals surface area contributed by atoms with Gasteiger partial charge in [0.2, 0.25) is 0 Å². The minimum absolute atomic E-state index is 0.121. The van der Waals surface area contributed by atoms with E-state index in [-0.39, 0.29) is 10.3 Å². The van der Waals surface area contributed by atoms with Crippen LogP contribution in [0.3, 0.4) is 0 Å². The van der Waals surface area contributed by atoms with E-state index in [0.29, 0.717) is 23.7 Å². The Morgan fingerprint density at radius 3 is 1.64 bits per heavy atom. The molecule has 0 atom stereocenters. The third kappa shape index (κ3) is 8.32. The molecule has 0 unspecified atom stereocenters. The Labute approximate surface area is 223 Å². The number of hydrogen-bond acceptors (Lipinski definition) is 6. The van der Waals surface area contributed by atoms with Crippen molar-refractivity contribution in [2.24, 2.45) is 0 Å². The van der Waals surface area contributed by atoms with Gasteiger partial charge in [-0.05, 0) is 101 Å². The lowest BCUT2D eigenvalue weighted by Crippen LogP contribution is -2.40. The van der Waals surface area contributed by atoms with E-state index in [1.54, 1.807) is 4.90 Å². The van der Waals surface area contributed by atoms with Gasteiger partial charge < -0.3 is 19.5 Å². The van der Waals surface area contributed by atoms with Gasteiger partial charge in [0.05, 0.1) is 5.69 Å². The number of anilines is 1. The number of thiocarbonyl (C=S) groups is 2. The first-order chi connectivity index (χ1) is 17.0. The third-order valence-corrected chi connectivity index (χ3v) is 5.38. The number of alkyl carbamates (subject to hydrolysis) is 1. The molecule has 36 heavy (non-hydrogen) atoms. The van der Waals surface area contributed by atoms with E-state index in [0.717, 1.165) is 16.7 Å². The summed E-state index contributed by atoms with van der Waals surface area (Å²) in [5.41, 5.74) is 3.19. The number of nitrogens with one attached hydrogen (secondary N) is 1. The quantitative estimate of drug-likeness (QED) is 0.367. The zero-order chi connectivity index (χ0) is 26.3. The number of ether oxygens (including phenoxy) is 3. The van der Waals surface area contributed by atoms with Crippen LogP contribution in [0.2, 0.25) is 0 Å². The fourth-order valence-corrected chi connectivity index (χ4v) is 3.67. The number of amides is 1. The molecular weight excluding hydrogens is 492 g/mol. The predicted octanol–water partition coefficient (Wildman–Crippen LogP) is 6.86. The molecule has 0 spiro atoms. The van der Waals surface area contributed by atoms with E-state index in [4.69, 9.17) is 38.6 Å². The minimum Gasteiger partial charge on any atom is -0.444 e. The van der Waals surface area contributed by atoms with Crippen molar-refractivity contribution in [2.75, 3.05) is 4.90 Å². The Balaban J connectivity index is 1.78. The molecule has 0 fully saturated rings. The Kier molecular flexibility index (Phi) is 9.01. The monoisotopic (exact) mass is 522 g/mol. The number of nitrogens with zero attached hydrogens (tertiary/aromatic N) is 1. The maximum Gasteiger partial charge on any atom is 0.407 e. The normalized spacial score (nSPS) is 10.8. The lowest BCUT2D eigenvalue weighted by molar-refractivity contribution is 0.0523. The summed E-state index contributed by atoms with van der Waals surface area (Å²) in [6, 6.07) is 22.5. The number of hydrogen-bond donors (Lipinski definition) is 1. The molecule has 3 aromatic rings. The van der Waals surface area contributed by atoms with Crippen molar-refractivity contribution in [2.45, 2.75) is 46.8 Å². The molecule has 0 saturated heterocycles. The van der Waals surface area contributed by atoms with Gasteiger partial charge in [0.25, 0.3) is 10.3 Å². The van der Waals surface area contributed by atoms with Gasteiger partial charge >= 0.3 is 6.09 Å². The topological polar surface area (TPSA) is 60.0 Å². The number of benzene rings is 3. The van der Waals surface area contributed by atoms with Crippen molar-refractivity contribution >= 4 is 46.6 Å². The van der Waals surface area contributed by atoms with Gasteiger partial charge in [-0.25, -0.2) is 9.69 Å². The second kappa shape index (κ2) is 12.0. The van der Waals surface area contributed by atoms with Crippen LogP contribution in [0, 0.1) is 13.8 Å². The van der Waals surface area contributed by atoms with Crippen LogP contribution < -0.4 is 19.7 Å². The summed E-state index contributed by atoms with van der Waals surface area (Å²) in [5.74, 6) is 1.18. The van der Waals surface area contributed by atoms with Crippen LogP contribution in [0.25, 0.3) is 0 Å². The average Bonchev–Trinajstić information content (AvgIpc) is 2.80. The number of rotatable bonds is 5. The SMILES string of the molecule is Cc1ccc(OC(=S)N(C(=S)Oc2ccc(C)cc2)c2ccc(CNC(=O)OC(C)(C)C)cc2)cc1. The van der Waals surface area contributed by atoms with E-state index in [1.807, 2.05) is 107 Å². The number of carbonyl (C=O) groups excluding carboxylic acids is 1.